The van der Waals surface area contributed by atoms with E-state index in [0.717, 1.165) is 10.8 Å². The largest absolute Gasteiger partial charge is 0.480 e. The highest BCUT2D eigenvalue weighted by Crippen LogP contribution is 2.14. The molecule has 0 saturated heterocycles. The first-order valence-corrected chi connectivity index (χ1v) is 5.60. The monoisotopic (exact) mass is 260 g/mol. The fourth-order valence-corrected chi connectivity index (χ4v) is 1.65. The number of rotatable bonds is 4. The van der Waals surface area contributed by atoms with Gasteiger partial charge in [-0.15, -0.1) is 0 Å². The third kappa shape index (κ3) is 2.86. The highest BCUT2D eigenvalue weighted by Gasteiger charge is 2.19. The summed E-state index contributed by atoms with van der Waals surface area (Å²) in [4.78, 5) is 26.5. The SMILES string of the molecule is O=C(NC(CO)C(=O)O)c1ccc2cnccc2c1. The molecule has 3 N–H and O–H groups in total. The number of benzene rings is 1. The van der Waals surface area contributed by atoms with Crippen molar-refractivity contribution < 1.29 is 19.8 Å². The molecule has 0 spiro atoms. The second kappa shape index (κ2) is 5.45. The Morgan fingerprint density at radius 1 is 1.26 bits per heavy atom. The van der Waals surface area contributed by atoms with Gasteiger partial charge in [-0.1, -0.05) is 6.07 Å². The molecule has 0 radical (unpaired) electrons. The van der Waals surface area contributed by atoms with Gasteiger partial charge < -0.3 is 15.5 Å². The minimum atomic E-state index is -1.30. The van der Waals surface area contributed by atoms with Gasteiger partial charge in [0.1, 0.15) is 0 Å². The lowest BCUT2D eigenvalue weighted by atomic mass is 10.1. The zero-order chi connectivity index (χ0) is 13.8. The van der Waals surface area contributed by atoms with E-state index in [4.69, 9.17) is 10.2 Å². The van der Waals surface area contributed by atoms with E-state index >= 15 is 0 Å². The van der Waals surface area contributed by atoms with E-state index < -0.39 is 24.5 Å². The van der Waals surface area contributed by atoms with Gasteiger partial charge in [0.15, 0.2) is 6.04 Å². The van der Waals surface area contributed by atoms with E-state index in [1.165, 1.54) is 0 Å². The van der Waals surface area contributed by atoms with Crippen LogP contribution in [0.5, 0.6) is 0 Å². The van der Waals surface area contributed by atoms with Gasteiger partial charge in [0.05, 0.1) is 6.61 Å². The average molecular weight is 260 g/mol. The van der Waals surface area contributed by atoms with Crippen LogP contribution < -0.4 is 5.32 Å². The number of hydrogen-bond donors (Lipinski definition) is 3. The molecule has 1 atom stereocenters. The first-order chi connectivity index (χ1) is 9.11. The number of nitrogens with zero attached hydrogens (tertiary/aromatic N) is 1. The molecule has 1 aromatic heterocycles. The molecule has 98 valence electrons. The molecule has 0 bridgehead atoms. The van der Waals surface area contributed by atoms with Crippen LogP contribution in [-0.4, -0.2) is 39.7 Å². The van der Waals surface area contributed by atoms with Crippen LogP contribution in [-0.2, 0) is 4.79 Å². The lowest BCUT2D eigenvalue weighted by molar-refractivity contribution is -0.140. The van der Waals surface area contributed by atoms with Gasteiger partial charge >= 0.3 is 5.97 Å². The minimum Gasteiger partial charge on any atom is -0.480 e. The molecule has 19 heavy (non-hydrogen) atoms. The highest BCUT2D eigenvalue weighted by atomic mass is 16.4. The Balaban J connectivity index is 2.24. The first kappa shape index (κ1) is 13.0. The Morgan fingerprint density at radius 2 is 2.05 bits per heavy atom. The van der Waals surface area contributed by atoms with E-state index in [1.54, 1.807) is 36.7 Å². The van der Waals surface area contributed by atoms with E-state index in [2.05, 4.69) is 10.3 Å². The van der Waals surface area contributed by atoms with Gasteiger partial charge in [-0.3, -0.25) is 9.78 Å². The number of pyridine rings is 1. The van der Waals surface area contributed by atoms with Gasteiger partial charge in [0.2, 0.25) is 0 Å². The molecule has 0 aliphatic carbocycles. The Bertz CT molecular complexity index is 627. The molecule has 6 heteroatoms. The molecule has 2 aromatic rings. The maximum Gasteiger partial charge on any atom is 0.328 e. The smallest absolute Gasteiger partial charge is 0.328 e. The molecule has 1 aromatic carbocycles. The van der Waals surface area contributed by atoms with Crippen molar-refractivity contribution in [2.45, 2.75) is 6.04 Å². The number of aliphatic hydroxyl groups is 1. The summed E-state index contributed by atoms with van der Waals surface area (Å²) in [6.45, 7) is -0.654. The second-order valence-corrected chi connectivity index (χ2v) is 3.98. The van der Waals surface area contributed by atoms with E-state index in [0.29, 0.717) is 5.56 Å². The lowest BCUT2D eigenvalue weighted by Gasteiger charge is -2.11. The summed E-state index contributed by atoms with van der Waals surface area (Å²) in [5.41, 5.74) is 0.332. The third-order valence-electron chi connectivity index (χ3n) is 2.69. The molecule has 0 aliphatic heterocycles. The fraction of sp³-hybridized carbons (Fsp3) is 0.154. The number of carbonyl (C=O) groups is 2. The van der Waals surface area contributed by atoms with Crippen LogP contribution in [0.2, 0.25) is 0 Å². The number of carboxylic acids is 1. The molecule has 2 rings (SSSR count). The van der Waals surface area contributed by atoms with E-state index in [9.17, 15) is 9.59 Å². The number of fused-ring (bicyclic) bond motifs is 1. The Hall–Kier alpha value is -2.47. The quantitative estimate of drug-likeness (QED) is 0.739. The van der Waals surface area contributed by atoms with Crippen LogP contribution in [0.3, 0.4) is 0 Å². The molecule has 1 unspecified atom stereocenters. The van der Waals surface area contributed by atoms with Crippen molar-refractivity contribution in [3.8, 4) is 0 Å². The van der Waals surface area contributed by atoms with Crippen molar-refractivity contribution in [3.63, 3.8) is 0 Å². The van der Waals surface area contributed by atoms with E-state index in [1.807, 2.05) is 0 Å². The van der Waals surface area contributed by atoms with Crippen molar-refractivity contribution in [1.29, 1.82) is 0 Å². The number of nitrogens with one attached hydrogen (secondary N) is 1. The molecule has 0 saturated carbocycles. The van der Waals surface area contributed by atoms with Crippen LogP contribution in [0.1, 0.15) is 10.4 Å². The topological polar surface area (TPSA) is 99.5 Å². The van der Waals surface area contributed by atoms with Crippen LogP contribution in [0, 0.1) is 0 Å². The predicted molar refractivity (Wildman–Crippen MR) is 67.7 cm³/mol. The summed E-state index contributed by atoms with van der Waals surface area (Å²) >= 11 is 0. The highest BCUT2D eigenvalue weighted by molar-refractivity contribution is 6.00. The standard InChI is InChI=1S/C13H12N2O4/c16-7-11(13(18)19)15-12(17)9-1-2-10-6-14-4-3-8(10)5-9/h1-6,11,16H,7H2,(H,15,17)(H,18,19). The Morgan fingerprint density at radius 3 is 2.74 bits per heavy atom. The molecular formula is C13H12N2O4. The van der Waals surface area contributed by atoms with Crippen molar-refractivity contribution in [2.75, 3.05) is 6.61 Å². The van der Waals surface area contributed by atoms with Crippen molar-refractivity contribution in [1.82, 2.24) is 10.3 Å². The molecular weight excluding hydrogens is 248 g/mol. The zero-order valence-corrected chi connectivity index (χ0v) is 9.91. The van der Waals surface area contributed by atoms with Gasteiger partial charge in [-0.2, -0.15) is 0 Å². The van der Waals surface area contributed by atoms with Crippen molar-refractivity contribution >= 4 is 22.6 Å². The Labute approximate surface area is 108 Å². The molecule has 0 aliphatic rings. The normalized spacial score (nSPS) is 12.1. The summed E-state index contributed by atoms with van der Waals surface area (Å²) in [5.74, 6) is -1.82. The van der Waals surface area contributed by atoms with Crippen LogP contribution >= 0.6 is 0 Å². The summed E-state index contributed by atoms with van der Waals surface area (Å²) in [6.07, 6.45) is 3.28. The van der Waals surface area contributed by atoms with Gasteiger partial charge in [0.25, 0.3) is 5.91 Å². The third-order valence-corrected chi connectivity index (χ3v) is 2.69. The summed E-state index contributed by atoms with van der Waals surface area (Å²) in [6, 6.07) is 5.40. The zero-order valence-electron chi connectivity index (χ0n) is 9.91. The lowest BCUT2D eigenvalue weighted by Crippen LogP contribution is -2.43. The van der Waals surface area contributed by atoms with Crippen LogP contribution in [0.4, 0.5) is 0 Å². The van der Waals surface area contributed by atoms with Crippen molar-refractivity contribution in [3.05, 3.63) is 42.2 Å². The summed E-state index contributed by atoms with van der Waals surface area (Å²) in [5, 5.41) is 21.6. The van der Waals surface area contributed by atoms with Gasteiger partial charge in [-0.25, -0.2) is 4.79 Å². The molecule has 1 amide bonds. The van der Waals surface area contributed by atoms with Gasteiger partial charge in [-0.05, 0) is 23.6 Å². The van der Waals surface area contributed by atoms with Crippen LogP contribution in [0.25, 0.3) is 10.8 Å². The minimum absolute atomic E-state index is 0.332. The molecule has 1 heterocycles. The Kier molecular flexibility index (Phi) is 3.72. The summed E-state index contributed by atoms with van der Waals surface area (Å²) in [7, 11) is 0. The first-order valence-electron chi connectivity index (χ1n) is 5.60. The molecule has 0 fully saturated rings. The predicted octanol–water partition coefficient (Wildman–Crippen LogP) is 0.410. The second-order valence-electron chi connectivity index (χ2n) is 3.98. The van der Waals surface area contributed by atoms with E-state index in [-0.39, 0.29) is 0 Å². The number of carboxylic acid groups (broad SMARTS) is 1. The summed E-state index contributed by atoms with van der Waals surface area (Å²) < 4.78 is 0. The average Bonchev–Trinajstić information content (AvgIpc) is 2.43. The maximum atomic E-state index is 11.9. The number of aliphatic carboxylic acids is 1. The van der Waals surface area contributed by atoms with Gasteiger partial charge in [0, 0.05) is 23.3 Å². The number of amides is 1. The van der Waals surface area contributed by atoms with Crippen molar-refractivity contribution in [2.24, 2.45) is 0 Å². The van der Waals surface area contributed by atoms with Crippen LogP contribution in [0.15, 0.2) is 36.7 Å². The molecule has 6 nitrogen and oxygen atoms in total. The number of carbonyl (C=O) groups excluding carboxylic acids is 1. The number of hydrogen-bond acceptors (Lipinski definition) is 4. The number of aromatic nitrogens is 1. The number of aliphatic hydroxyl groups excluding tert-OH is 1. The maximum absolute atomic E-state index is 11.9. The fourth-order valence-electron chi connectivity index (χ4n) is 1.65.